The van der Waals surface area contributed by atoms with Crippen molar-refractivity contribution in [2.75, 3.05) is 13.1 Å². The van der Waals surface area contributed by atoms with Gasteiger partial charge in [0.2, 0.25) is 0 Å². The molecule has 0 aromatic carbocycles. The average molecular weight is 371 g/mol. The molecule has 6 heteroatoms. The minimum Gasteiger partial charge on any atom is -0.311 e. The molecule has 1 unspecified atom stereocenters. The summed E-state index contributed by atoms with van der Waals surface area (Å²) >= 11 is 1.32. The number of hydrogen-bond acceptors (Lipinski definition) is 4. The Morgan fingerprint density at radius 2 is 1.92 bits per heavy atom. The van der Waals surface area contributed by atoms with Crippen LogP contribution in [0.3, 0.4) is 0 Å². The molecule has 3 rings (SSSR count). The van der Waals surface area contributed by atoms with Crippen LogP contribution in [0, 0.1) is 5.92 Å². The van der Waals surface area contributed by atoms with E-state index in [1.54, 1.807) is 10.4 Å². The summed E-state index contributed by atoms with van der Waals surface area (Å²) in [5, 5.41) is 5.65. The Labute approximate surface area is 150 Å². The SMILES string of the molecule is C[C@@H](NC1CCCN(S(=O)(=O)c2cccs2)CC1)C1CCCCC1. The third kappa shape index (κ3) is 4.40. The highest BCUT2D eigenvalue weighted by atomic mass is 32.2. The van der Waals surface area contributed by atoms with E-state index in [0.717, 1.165) is 25.2 Å². The maximum absolute atomic E-state index is 12.7. The highest BCUT2D eigenvalue weighted by Gasteiger charge is 2.29. The minimum absolute atomic E-state index is 0.450. The van der Waals surface area contributed by atoms with E-state index >= 15 is 0 Å². The molecule has 1 aliphatic carbocycles. The van der Waals surface area contributed by atoms with E-state index in [2.05, 4.69) is 12.2 Å². The number of rotatable bonds is 5. The second kappa shape index (κ2) is 8.30. The second-order valence-electron chi connectivity index (χ2n) is 7.32. The quantitative estimate of drug-likeness (QED) is 0.856. The molecular weight excluding hydrogens is 340 g/mol. The van der Waals surface area contributed by atoms with Crippen molar-refractivity contribution in [1.29, 1.82) is 0 Å². The summed E-state index contributed by atoms with van der Waals surface area (Å²) in [6.07, 6.45) is 9.76. The van der Waals surface area contributed by atoms with Crippen LogP contribution in [0.5, 0.6) is 0 Å². The first-order chi connectivity index (χ1) is 11.6. The molecule has 1 saturated heterocycles. The third-order valence-corrected chi connectivity index (χ3v) is 8.90. The first kappa shape index (κ1) is 18.4. The number of thiophene rings is 1. The van der Waals surface area contributed by atoms with E-state index < -0.39 is 10.0 Å². The van der Waals surface area contributed by atoms with Crippen LogP contribution in [-0.4, -0.2) is 37.9 Å². The van der Waals surface area contributed by atoms with Gasteiger partial charge in [-0.2, -0.15) is 4.31 Å². The predicted octanol–water partition coefficient (Wildman–Crippen LogP) is 3.85. The molecular formula is C18H30N2O2S2. The molecule has 24 heavy (non-hydrogen) atoms. The van der Waals surface area contributed by atoms with Gasteiger partial charge in [0.05, 0.1) is 0 Å². The molecule has 1 aromatic rings. The molecule has 0 bridgehead atoms. The van der Waals surface area contributed by atoms with E-state index in [4.69, 9.17) is 0 Å². The van der Waals surface area contributed by atoms with Crippen molar-refractivity contribution in [1.82, 2.24) is 9.62 Å². The Bertz CT molecular complexity index is 595. The molecule has 4 nitrogen and oxygen atoms in total. The normalized spacial score (nSPS) is 26.1. The largest absolute Gasteiger partial charge is 0.311 e. The van der Waals surface area contributed by atoms with Crippen LogP contribution in [0.4, 0.5) is 0 Å². The standard InChI is InChI=1S/C18H30N2O2S2/c1-15(16-7-3-2-4-8-16)19-17-9-5-12-20(13-11-17)24(21,22)18-10-6-14-23-18/h6,10,14-17,19H,2-5,7-9,11-13H2,1H3/t15-,17?/m1/s1. The zero-order chi connectivity index (χ0) is 17.0. The van der Waals surface area contributed by atoms with E-state index in [9.17, 15) is 8.42 Å². The molecule has 0 amide bonds. The molecule has 2 heterocycles. The van der Waals surface area contributed by atoms with Crippen molar-refractivity contribution in [3.63, 3.8) is 0 Å². The van der Waals surface area contributed by atoms with Gasteiger partial charge in [-0.05, 0) is 56.4 Å². The van der Waals surface area contributed by atoms with Gasteiger partial charge in [-0.25, -0.2) is 8.42 Å². The van der Waals surface area contributed by atoms with Gasteiger partial charge in [0, 0.05) is 25.2 Å². The summed E-state index contributed by atoms with van der Waals surface area (Å²) in [6.45, 7) is 3.60. The molecule has 0 radical (unpaired) electrons. The second-order valence-corrected chi connectivity index (χ2v) is 10.4. The molecule has 1 saturated carbocycles. The summed E-state index contributed by atoms with van der Waals surface area (Å²) in [6, 6.07) is 4.53. The van der Waals surface area contributed by atoms with Gasteiger partial charge in [0.25, 0.3) is 10.0 Å². The smallest absolute Gasteiger partial charge is 0.252 e. The molecule has 2 atom stereocenters. The third-order valence-electron chi connectivity index (χ3n) is 5.63. The van der Waals surface area contributed by atoms with Crippen LogP contribution >= 0.6 is 11.3 Å². The number of nitrogens with one attached hydrogen (secondary N) is 1. The predicted molar refractivity (Wildman–Crippen MR) is 99.9 cm³/mol. The Hall–Kier alpha value is -0.430. The molecule has 2 aliphatic rings. The van der Waals surface area contributed by atoms with E-state index in [1.165, 1.54) is 43.4 Å². The average Bonchev–Trinajstić information content (AvgIpc) is 3.04. The Kier molecular flexibility index (Phi) is 6.35. The molecule has 0 spiro atoms. The highest BCUT2D eigenvalue weighted by molar-refractivity contribution is 7.91. The summed E-state index contributed by atoms with van der Waals surface area (Å²) in [4.78, 5) is 0. The van der Waals surface area contributed by atoms with Crippen molar-refractivity contribution in [3.05, 3.63) is 17.5 Å². The molecule has 1 N–H and O–H groups in total. The first-order valence-corrected chi connectivity index (χ1v) is 11.7. The van der Waals surface area contributed by atoms with Gasteiger partial charge in [0.15, 0.2) is 0 Å². The van der Waals surface area contributed by atoms with Crippen LogP contribution in [0.2, 0.25) is 0 Å². The molecule has 136 valence electrons. The lowest BCUT2D eigenvalue weighted by molar-refractivity contribution is 0.257. The summed E-state index contributed by atoms with van der Waals surface area (Å²) < 4.78 is 27.5. The van der Waals surface area contributed by atoms with Crippen molar-refractivity contribution in [3.8, 4) is 0 Å². The van der Waals surface area contributed by atoms with E-state index in [0.29, 0.717) is 29.4 Å². The van der Waals surface area contributed by atoms with Crippen molar-refractivity contribution in [2.45, 2.75) is 74.6 Å². The van der Waals surface area contributed by atoms with E-state index in [1.807, 2.05) is 11.4 Å². The van der Waals surface area contributed by atoms with Crippen LogP contribution < -0.4 is 5.32 Å². The fourth-order valence-corrected chi connectivity index (χ4v) is 6.79. The Morgan fingerprint density at radius 1 is 1.12 bits per heavy atom. The van der Waals surface area contributed by atoms with Crippen LogP contribution in [0.15, 0.2) is 21.7 Å². The zero-order valence-corrected chi connectivity index (χ0v) is 16.2. The Balaban J connectivity index is 1.55. The van der Waals surface area contributed by atoms with Gasteiger partial charge in [-0.3, -0.25) is 0 Å². The molecule has 1 aromatic heterocycles. The molecule has 2 fully saturated rings. The zero-order valence-electron chi connectivity index (χ0n) is 14.6. The highest BCUT2D eigenvalue weighted by Crippen LogP contribution is 2.28. The van der Waals surface area contributed by atoms with Gasteiger partial charge in [-0.15, -0.1) is 11.3 Å². The fourth-order valence-electron chi connectivity index (χ4n) is 4.16. The number of sulfonamides is 1. The lowest BCUT2D eigenvalue weighted by Crippen LogP contribution is -2.42. The summed E-state index contributed by atoms with van der Waals surface area (Å²) in [5.74, 6) is 0.799. The molecule has 1 aliphatic heterocycles. The van der Waals surface area contributed by atoms with Crippen LogP contribution in [0.1, 0.15) is 58.3 Å². The summed E-state index contributed by atoms with van der Waals surface area (Å²) in [7, 11) is -3.29. The van der Waals surface area contributed by atoms with Crippen molar-refractivity contribution >= 4 is 21.4 Å². The van der Waals surface area contributed by atoms with E-state index in [-0.39, 0.29) is 0 Å². The summed E-state index contributed by atoms with van der Waals surface area (Å²) in [5.41, 5.74) is 0. The van der Waals surface area contributed by atoms with Crippen molar-refractivity contribution < 1.29 is 8.42 Å². The topological polar surface area (TPSA) is 49.4 Å². The van der Waals surface area contributed by atoms with Gasteiger partial charge in [-0.1, -0.05) is 25.3 Å². The van der Waals surface area contributed by atoms with Crippen LogP contribution in [0.25, 0.3) is 0 Å². The Morgan fingerprint density at radius 3 is 2.62 bits per heavy atom. The first-order valence-electron chi connectivity index (χ1n) is 9.37. The minimum atomic E-state index is -3.29. The lowest BCUT2D eigenvalue weighted by atomic mass is 9.84. The van der Waals surface area contributed by atoms with Gasteiger partial charge < -0.3 is 5.32 Å². The maximum atomic E-state index is 12.7. The number of nitrogens with zero attached hydrogens (tertiary/aromatic N) is 1. The van der Waals surface area contributed by atoms with Gasteiger partial charge >= 0.3 is 0 Å². The fraction of sp³-hybridized carbons (Fsp3) is 0.778. The monoisotopic (exact) mass is 370 g/mol. The van der Waals surface area contributed by atoms with Crippen LogP contribution in [-0.2, 0) is 10.0 Å². The maximum Gasteiger partial charge on any atom is 0.252 e. The van der Waals surface area contributed by atoms with Crippen molar-refractivity contribution in [2.24, 2.45) is 5.92 Å². The van der Waals surface area contributed by atoms with Gasteiger partial charge in [0.1, 0.15) is 4.21 Å². The number of hydrogen-bond donors (Lipinski definition) is 1. The lowest BCUT2D eigenvalue weighted by Gasteiger charge is -2.31.